The molecular formula is C46H57N9O6S. The van der Waals surface area contributed by atoms with E-state index in [0.29, 0.717) is 29.2 Å². The molecule has 2 aromatic carbocycles. The van der Waals surface area contributed by atoms with Crippen molar-refractivity contribution in [3.8, 4) is 27.6 Å². The minimum absolute atomic E-state index is 0.0186. The number of pyridine rings is 1. The SMILES string of the molecule is COc1cc(N(C)CCCCCCC(=O)N[C@H](C(=O)N2C[C@H](O)C[C@H]2C(=O)NCc2ccc(-c3scnc3C)cc2)C(C)(C)C)ccc1NC(=O)c1cccc(-c2ccn[nH]2)n1. The Kier molecular flexibility index (Phi) is 15.1. The number of carbonyl (C=O) groups excluding carboxylic acids is 4. The maximum atomic E-state index is 14.0. The Balaban J connectivity index is 0.935. The van der Waals surface area contributed by atoms with Gasteiger partial charge in [-0.25, -0.2) is 9.97 Å². The first-order valence-corrected chi connectivity index (χ1v) is 21.8. The number of benzene rings is 2. The smallest absolute Gasteiger partial charge is 0.274 e. The summed E-state index contributed by atoms with van der Waals surface area (Å²) in [4.78, 5) is 67.2. The van der Waals surface area contributed by atoms with Crippen LogP contribution >= 0.6 is 11.3 Å². The molecule has 5 N–H and O–H groups in total. The maximum absolute atomic E-state index is 14.0. The van der Waals surface area contributed by atoms with Gasteiger partial charge in [0.2, 0.25) is 17.7 Å². The number of aliphatic hydroxyl groups excluding tert-OH is 1. The van der Waals surface area contributed by atoms with Crippen molar-refractivity contribution in [2.75, 3.05) is 37.5 Å². The molecule has 4 amide bonds. The Morgan fingerprint density at radius 2 is 1.81 bits per heavy atom. The second-order valence-corrected chi connectivity index (χ2v) is 17.6. The van der Waals surface area contributed by atoms with E-state index in [0.717, 1.165) is 53.2 Å². The molecular weight excluding hydrogens is 807 g/mol. The molecule has 0 saturated carbocycles. The van der Waals surface area contributed by atoms with Gasteiger partial charge in [0.1, 0.15) is 23.5 Å². The van der Waals surface area contributed by atoms with Crippen molar-refractivity contribution >= 4 is 46.3 Å². The third-order valence-electron chi connectivity index (χ3n) is 11.0. The molecule has 4 heterocycles. The van der Waals surface area contributed by atoms with Crippen LogP contribution in [0.3, 0.4) is 0 Å². The Morgan fingerprint density at radius 1 is 1.03 bits per heavy atom. The summed E-state index contributed by atoms with van der Waals surface area (Å²) in [6, 6.07) is 18.8. The number of carbonyl (C=O) groups is 4. The zero-order valence-electron chi connectivity index (χ0n) is 36.2. The number of aromatic nitrogens is 4. The van der Waals surface area contributed by atoms with E-state index in [9.17, 15) is 24.3 Å². The number of nitrogens with one attached hydrogen (secondary N) is 4. The van der Waals surface area contributed by atoms with Gasteiger partial charge in [-0.05, 0) is 66.6 Å². The number of β-amino-alcohol motifs (C(OH)–C–C–N with tert-alkyl or cyclic N) is 1. The number of rotatable bonds is 18. The number of hydrogen-bond donors (Lipinski definition) is 5. The quantitative estimate of drug-likeness (QED) is 0.0619. The van der Waals surface area contributed by atoms with E-state index >= 15 is 0 Å². The summed E-state index contributed by atoms with van der Waals surface area (Å²) in [5.74, 6) is -0.796. The Morgan fingerprint density at radius 3 is 2.50 bits per heavy atom. The fourth-order valence-corrected chi connectivity index (χ4v) is 8.26. The average Bonchev–Trinajstić information content (AvgIpc) is 4.05. The fraction of sp³-hybridized carbons (Fsp3) is 0.413. The highest BCUT2D eigenvalue weighted by molar-refractivity contribution is 7.13. The van der Waals surface area contributed by atoms with E-state index in [1.165, 1.54) is 4.90 Å². The van der Waals surface area contributed by atoms with Crippen LogP contribution in [0.2, 0.25) is 0 Å². The summed E-state index contributed by atoms with van der Waals surface area (Å²) in [6.45, 7) is 8.67. The topological polar surface area (TPSA) is 195 Å². The van der Waals surface area contributed by atoms with Gasteiger partial charge in [-0.2, -0.15) is 5.10 Å². The molecule has 0 radical (unpaired) electrons. The Labute approximate surface area is 366 Å². The van der Waals surface area contributed by atoms with Gasteiger partial charge in [0, 0.05) is 57.5 Å². The Hall–Kier alpha value is -6.13. The molecule has 1 aliphatic heterocycles. The van der Waals surface area contributed by atoms with E-state index in [4.69, 9.17) is 4.74 Å². The fourth-order valence-electron chi connectivity index (χ4n) is 7.45. The highest BCUT2D eigenvalue weighted by Gasteiger charge is 2.44. The summed E-state index contributed by atoms with van der Waals surface area (Å²) in [6.07, 6.45) is 4.43. The largest absolute Gasteiger partial charge is 0.494 e. The molecule has 0 spiro atoms. The third kappa shape index (κ3) is 11.6. The van der Waals surface area contributed by atoms with Gasteiger partial charge in [-0.1, -0.05) is 63.9 Å². The van der Waals surface area contributed by atoms with E-state index in [1.807, 2.05) is 82.7 Å². The number of ether oxygens (including phenoxy) is 1. The van der Waals surface area contributed by atoms with Gasteiger partial charge in [-0.15, -0.1) is 11.3 Å². The van der Waals surface area contributed by atoms with Crippen LogP contribution in [0.5, 0.6) is 5.75 Å². The summed E-state index contributed by atoms with van der Waals surface area (Å²) in [5.41, 5.74) is 7.15. The molecule has 328 valence electrons. The number of likely N-dealkylation sites (tertiary alicyclic amines) is 1. The van der Waals surface area contributed by atoms with Crippen LogP contribution in [0.1, 0.15) is 81.0 Å². The molecule has 15 nitrogen and oxygen atoms in total. The summed E-state index contributed by atoms with van der Waals surface area (Å²) in [7, 11) is 3.55. The van der Waals surface area contributed by atoms with E-state index in [2.05, 4.69) is 41.0 Å². The van der Waals surface area contributed by atoms with Gasteiger partial charge in [-0.3, -0.25) is 24.3 Å². The van der Waals surface area contributed by atoms with E-state index in [1.54, 1.807) is 48.9 Å². The first kappa shape index (κ1) is 45.4. The van der Waals surface area contributed by atoms with Gasteiger partial charge in [0.15, 0.2) is 0 Å². The predicted molar refractivity (Wildman–Crippen MR) is 241 cm³/mol. The summed E-state index contributed by atoms with van der Waals surface area (Å²) < 4.78 is 5.62. The van der Waals surface area contributed by atoms with Crippen LogP contribution in [0.15, 0.2) is 78.4 Å². The molecule has 6 rings (SSSR count). The lowest BCUT2D eigenvalue weighted by atomic mass is 9.85. The lowest BCUT2D eigenvalue weighted by Gasteiger charge is -2.35. The number of aryl methyl sites for hydroxylation is 1. The standard InChI is InChI=1S/C46H57N9O6S/c1-29-41(62-28-48-29)31-17-15-30(16-18-31)26-47-44(59)38-25-33(56)27-55(38)45(60)42(46(2,3)4)52-40(57)14-9-7-8-10-23-54(5)32-19-20-36(39(24-32)61-6)51-43(58)37-13-11-12-34(50-37)35-21-22-49-53-35/h11-13,15-22,24,28,33,38,42,56H,7-10,14,23,25-27H2,1-6H3,(H,47,59)(H,49,53)(H,51,58)(H,52,57)/t33-,38+,42-/m1/s1. The van der Waals surface area contributed by atoms with Crippen LogP contribution in [0.4, 0.5) is 11.4 Å². The van der Waals surface area contributed by atoms with Crippen LogP contribution in [0.25, 0.3) is 21.8 Å². The zero-order valence-corrected chi connectivity index (χ0v) is 37.1. The lowest BCUT2D eigenvalue weighted by molar-refractivity contribution is -0.144. The molecule has 1 fully saturated rings. The number of H-pyrrole nitrogens is 1. The van der Waals surface area contributed by atoms with Crippen LogP contribution in [0, 0.1) is 12.3 Å². The van der Waals surface area contributed by atoms with Gasteiger partial charge in [0.05, 0.1) is 46.4 Å². The number of thiazole rings is 1. The normalized spacial score (nSPS) is 15.5. The third-order valence-corrected chi connectivity index (χ3v) is 12.0. The van der Waals surface area contributed by atoms with Crippen molar-refractivity contribution in [1.82, 2.24) is 35.7 Å². The molecule has 0 aliphatic carbocycles. The van der Waals surface area contributed by atoms with Gasteiger partial charge in [0.25, 0.3) is 5.91 Å². The zero-order chi connectivity index (χ0) is 44.4. The molecule has 3 aromatic heterocycles. The first-order chi connectivity index (χ1) is 29.7. The number of nitrogens with zero attached hydrogens (tertiary/aromatic N) is 5. The number of aliphatic hydroxyl groups is 1. The molecule has 0 unspecified atom stereocenters. The van der Waals surface area contributed by atoms with Crippen molar-refractivity contribution in [2.24, 2.45) is 5.41 Å². The number of aromatic amines is 1. The molecule has 0 bridgehead atoms. The minimum Gasteiger partial charge on any atom is -0.494 e. The minimum atomic E-state index is -0.876. The number of anilines is 2. The summed E-state index contributed by atoms with van der Waals surface area (Å²) >= 11 is 1.58. The summed E-state index contributed by atoms with van der Waals surface area (Å²) in [5, 5.41) is 26.2. The maximum Gasteiger partial charge on any atom is 0.274 e. The second-order valence-electron chi connectivity index (χ2n) is 16.7. The van der Waals surface area contributed by atoms with E-state index in [-0.39, 0.29) is 55.3 Å². The van der Waals surface area contributed by atoms with Crippen molar-refractivity contribution in [3.63, 3.8) is 0 Å². The van der Waals surface area contributed by atoms with Crippen molar-refractivity contribution < 1.29 is 29.0 Å². The second kappa shape index (κ2) is 20.6. The number of unbranched alkanes of at least 4 members (excludes halogenated alkanes) is 3. The van der Waals surface area contributed by atoms with Crippen molar-refractivity contribution in [3.05, 3.63) is 95.4 Å². The van der Waals surface area contributed by atoms with Gasteiger partial charge < -0.3 is 35.6 Å². The highest BCUT2D eigenvalue weighted by atomic mass is 32.1. The monoisotopic (exact) mass is 863 g/mol. The first-order valence-electron chi connectivity index (χ1n) is 20.9. The van der Waals surface area contributed by atoms with Crippen LogP contribution < -0.4 is 25.6 Å². The Bertz CT molecular complexity index is 2310. The molecule has 3 atom stereocenters. The highest BCUT2D eigenvalue weighted by Crippen LogP contribution is 2.31. The lowest BCUT2D eigenvalue weighted by Crippen LogP contribution is -2.57. The predicted octanol–water partition coefficient (Wildman–Crippen LogP) is 6.36. The van der Waals surface area contributed by atoms with Crippen molar-refractivity contribution in [2.45, 2.75) is 91.0 Å². The van der Waals surface area contributed by atoms with Crippen molar-refractivity contribution in [1.29, 1.82) is 0 Å². The number of amides is 4. The number of methoxy groups -OCH3 is 1. The van der Waals surface area contributed by atoms with Gasteiger partial charge >= 0.3 is 0 Å². The number of hydrogen-bond acceptors (Lipinski definition) is 11. The molecule has 5 aromatic rings. The molecule has 1 aliphatic rings. The molecule has 16 heteroatoms. The molecule has 62 heavy (non-hydrogen) atoms. The van der Waals surface area contributed by atoms with Crippen LogP contribution in [-0.2, 0) is 20.9 Å². The van der Waals surface area contributed by atoms with E-state index < -0.39 is 23.6 Å². The average molecular weight is 864 g/mol. The van der Waals surface area contributed by atoms with Crippen LogP contribution in [-0.4, -0.2) is 99.2 Å². The molecule has 1 saturated heterocycles.